The smallest absolute Gasteiger partial charge is 0.332 e. The van der Waals surface area contributed by atoms with E-state index >= 15 is 0 Å². The fourth-order valence-electron chi connectivity index (χ4n) is 5.28. The van der Waals surface area contributed by atoms with Crippen molar-refractivity contribution in [3.05, 3.63) is 59.9 Å². The average Bonchev–Trinajstić information content (AvgIpc) is 3.13. The van der Waals surface area contributed by atoms with Gasteiger partial charge in [-0.2, -0.15) is 0 Å². The molecule has 0 spiro atoms. The van der Waals surface area contributed by atoms with Gasteiger partial charge in [0.1, 0.15) is 17.1 Å². The highest BCUT2D eigenvalue weighted by Crippen LogP contribution is 2.58. The molecule has 5 rings (SSSR count). The standard InChI is InChI=1S/C23H21FN2O5/c1-3-30-20(27)18-16-12-31-17-10-5-4-9-15(17)19(16)26-22(29)25(21(28)23(18,26)2)14-8-6-7-13(24)11-14/h4-11,16,18-19H,3,12H2,1-2H3/t16?,18?,19?,23-/m1/s1. The second-order valence-electron chi connectivity index (χ2n) is 8.11. The van der Waals surface area contributed by atoms with Gasteiger partial charge in [0, 0.05) is 11.5 Å². The number of benzene rings is 2. The summed E-state index contributed by atoms with van der Waals surface area (Å²) in [4.78, 5) is 42.8. The van der Waals surface area contributed by atoms with Crippen molar-refractivity contribution in [3.63, 3.8) is 0 Å². The number of nitrogens with zero attached hydrogens (tertiary/aromatic N) is 2. The lowest BCUT2D eigenvalue weighted by Gasteiger charge is -2.34. The highest BCUT2D eigenvalue weighted by atomic mass is 19.1. The summed E-state index contributed by atoms with van der Waals surface area (Å²) in [5, 5.41) is 0. The topological polar surface area (TPSA) is 76.2 Å². The molecular formula is C23H21FN2O5. The van der Waals surface area contributed by atoms with E-state index in [-0.39, 0.29) is 18.9 Å². The molecule has 2 saturated heterocycles. The molecule has 8 heteroatoms. The monoisotopic (exact) mass is 424 g/mol. The van der Waals surface area contributed by atoms with Crippen molar-refractivity contribution in [2.75, 3.05) is 18.1 Å². The SMILES string of the molecule is CCOC(=O)C1C2COc3ccccc3C2N2C(=O)N(c3cccc(F)c3)C(=O)[C@@]12C. The van der Waals surface area contributed by atoms with E-state index in [1.807, 2.05) is 18.2 Å². The van der Waals surface area contributed by atoms with Crippen LogP contribution in [0, 0.1) is 17.7 Å². The summed E-state index contributed by atoms with van der Waals surface area (Å²) < 4.78 is 25.1. The fraction of sp³-hybridized carbons (Fsp3) is 0.348. The summed E-state index contributed by atoms with van der Waals surface area (Å²) in [6.45, 7) is 3.61. The van der Waals surface area contributed by atoms with Crippen molar-refractivity contribution in [2.45, 2.75) is 25.4 Å². The molecule has 2 fully saturated rings. The highest BCUT2D eigenvalue weighted by Gasteiger charge is 2.72. The number of carbonyl (C=O) groups is 3. The molecule has 31 heavy (non-hydrogen) atoms. The zero-order chi connectivity index (χ0) is 21.9. The third-order valence-electron chi connectivity index (χ3n) is 6.53. The molecule has 2 aromatic rings. The molecule has 7 nitrogen and oxygen atoms in total. The third kappa shape index (κ3) is 2.54. The van der Waals surface area contributed by atoms with Crippen molar-refractivity contribution in [1.82, 2.24) is 4.90 Å². The molecular weight excluding hydrogens is 403 g/mol. The number of rotatable bonds is 3. The van der Waals surface area contributed by atoms with E-state index in [2.05, 4.69) is 0 Å². The van der Waals surface area contributed by atoms with E-state index in [1.54, 1.807) is 19.9 Å². The number of fused-ring (bicyclic) bond motifs is 5. The van der Waals surface area contributed by atoms with Crippen LogP contribution in [-0.4, -0.2) is 41.6 Å². The largest absolute Gasteiger partial charge is 0.493 e. The number of amides is 3. The van der Waals surface area contributed by atoms with Crippen LogP contribution in [0.5, 0.6) is 5.75 Å². The number of ether oxygens (including phenoxy) is 2. The Hall–Kier alpha value is -3.42. The lowest BCUT2D eigenvalue weighted by molar-refractivity contribution is -0.154. The maximum atomic E-state index is 13.9. The Morgan fingerprint density at radius 3 is 2.74 bits per heavy atom. The second-order valence-corrected chi connectivity index (χ2v) is 8.11. The van der Waals surface area contributed by atoms with E-state index < -0.39 is 47.1 Å². The minimum Gasteiger partial charge on any atom is -0.493 e. The zero-order valence-electron chi connectivity index (χ0n) is 17.1. The fourth-order valence-corrected chi connectivity index (χ4v) is 5.28. The molecule has 0 aromatic heterocycles. The maximum Gasteiger partial charge on any atom is 0.332 e. The number of hydrogen-bond donors (Lipinski definition) is 0. The van der Waals surface area contributed by atoms with Gasteiger partial charge in [-0.25, -0.2) is 14.1 Å². The first kappa shape index (κ1) is 19.5. The van der Waals surface area contributed by atoms with Crippen molar-refractivity contribution < 1.29 is 28.2 Å². The van der Waals surface area contributed by atoms with Gasteiger partial charge in [-0.05, 0) is 38.1 Å². The Morgan fingerprint density at radius 1 is 1.23 bits per heavy atom. The molecule has 3 aliphatic rings. The number of anilines is 1. The molecule has 0 N–H and O–H groups in total. The van der Waals surface area contributed by atoms with Crippen molar-refractivity contribution in [1.29, 1.82) is 0 Å². The van der Waals surface area contributed by atoms with Crippen LogP contribution >= 0.6 is 0 Å². The summed E-state index contributed by atoms with van der Waals surface area (Å²) in [7, 11) is 0. The Morgan fingerprint density at radius 2 is 2.00 bits per heavy atom. The van der Waals surface area contributed by atoms with Gasteiger partial charge >= 0.3 is 12.0 Å². The Balaban J connectivity index is 1.69. The Labute approximate surface area is 178 Å². The molecule has 0 bridgehead atoms. The van der Waals surface area contributed by atoms with Crippen LogP contribution in [0.15, 0.2) is 48.5 Å². The van der Waals surface area contributed by atoms with Crippen molar-refractivity contribution in [3.8, 4) is 5.75 Å². The molecule has 3 heterocycles. The van der Waals surface area contributed by atoms with Crippen LogP contribution in [-0.2, 0) is 14.3 Å². The van der Waals surface area contributed by atoms with E-state index in [1.165, 1.54) is 23.1 Å². The Bertz CT molecular complexity index is 1100. The van der Waals surface area contributed by atoms with E-state index in [4.69, 9.17) is 9.47 Å². The van der Waals surface area contributed by atoms with Crippen molar-refractivity contribution >= 4 is 23.6 Å². The van der Waals surface area contributed by atoms with Crippen LogP contribution < -0.4 is 9.64 Å². The highest BCUT2D eigenvalue weighted by molar-refractivity contribution is 6.24. The number of esters is 1. The van der Waals surface area contributed by atoms with Gasteiger partial charge in [0.25, 0.3) is 5.91 Å². The van der Waals surface area contributed by atoms with Gasteiger partial charge in [-0.15, -0.1) is 0 Å². The van der Waals surface area contributed by atoms with E-state index in [9.17, 15) is 18.8 Å². The van der Waals surface area contributed by atoms with Crippen LogP contribution in [0.1, 0.15) is 25.5 Å². The number of hydrogen-bond acceptors (Lipinski definition) is 5. The second kappa shape index (κ2) is 6.80. The lowest BCUT2D eigenvalue weighted by Crippen LogP contribution is -2.51. The van der Waals surface area contributed by atoms with Crippen LogP contribution in [0.25, 0.3) is 0 Å². The van der Waals surface area contributed by atoms with E-state index in [0.29, 0.717) is 5.75 Å². The maximum absolute atomic E-state index is 13.9. The first-order valence-corrected chi connectivity index (χ1v) is 10.2. The number of carbonyl (C=O) groups excluding carboxylic acids is 3. The van der Waals surface area contributed by atoms with Crippen molar-refractivity contribution in [2.24, 2.45) is 11.8 Å². The predicted molar refractivity (Wildman–Crippen MR) is 108 cm³/mol. The average molecular weight is 424 g/mol. The minimum atomic E-state index is -1.48. The summed E-state index contributed by atoms with van der Waals surface area (Å²) in [6, 6.07) is 11.5. The molecule has 3 unspecified atom stereocenters. The molecule has 0 radical (unpaired) electrons. The number of para-hydroxylation sites is 1. The van der Waals surface area contributed by atoms with Gasteiger partial charge < -0.3 is 14.4 Å². The van der Waals surface area contributed by atoms with Gasteiger partial charge in [0.05, 0.1) is 30.9 Å². The first-order valence-electron chi connectivity index (χ1n) is 10.2. The molecule has 4 atom stereocenters. The predicted octanol–water partition coefficient (Wildman–Crippen LogP) is 3.30. The number of imide groups is 1. The Kier molecular flexibility index (Phi) is 4.28. The summed E-state index contributed by atoms with van der Waals surface area (Å²) >= 11 is 0. The van der Waals surface area contributed by atoms with Gasteiger partial charge in [-0.3, -0.25) is 9.59 Å². The summed E-state index contributed by atoms with van der Waals surface area (Å²) in [6.07, 6.45) is 0. The van der Waals surface area contributed by atoms with Gasteiger partial charge in [0.15, 0.2) is 0 Å². The van der Waals surface area contributed by atoms with Crippen LogP contribution in [0.3, 0.4) is 0 Å². The third-order valence-corrected chi connectivity index (χ3v) is 6.53. The number of urea groups is 1. The molecule has 0 aliphatic carbocycles. The lowest BCUT2D eigenvalue weighted by atomic mass is 9.77. The first-order chi connectivity index (χ1) is 14.9. The normalized spacial score (nSPS) is 28.7. The summed E-state index contributed by atoms with van der Waals surface area (Å²) in [5.74, 6) is -2.44. The molecule has 3 amide bonds. The van der Waals surface area contributed by atoms with E-state index in [0.717, 1.165) is 16.5 Å². The van der Waals surface area contributed by atoms with Gasteiger partial charge in [-0.1, -0.05) is 24.3 Å². The van der Waals surface area contributed by atoms with Crippen LogP contribution in [0.2, 0.25) is 0 Å². The molecule has 160 valence electrons. The molecule has 3 aliphatic heterocycles. The zero-order valence-corrected chi connectivity index (χ0v) is 17.1. The minimum absolute atomic E-state index is 0.130. The molecule has 0 saturated carbocycles. The van der Waals surface area contributed by atoms with Gasteiger partial charge in [0.2, 0.25) is 0 Å². The quantitative estimate of drug-likeness (QED) is 0.558. The number of halogens is 1. The summed E-state index contributed by atoms with van der Waals surface area (Å²) in [5.41, 5.74) is -0.615. The van der Waals surface area contributed by atoms with Crippen LogP contribution in [0.4, 0.5) is 14.9 Å². The molecule has 2 aromatic carbocycles.